The SMILES string of the molecule is N[C@H](CCCCNC(=O)c1cc2ccc(O)cc2oc1=O)C(=O)O. The highest BCUT2D eigenvalue weighted by atomic mass is 16.4. The lowest BCUT2D eigenvalue weighted by molar-refractivity contribution is -0.138. The molecule has 128 valence electrons. The van der Waals surface area contributed by atoms with E-state index in [0.29, 0.717) is 24.6 Å². The zero-order valence-corrected chi connectivity index (χ0v) is 12.8. The number of aliphatic carboxylic acids is 1. The fraction of sp³-hybridized carbons (Fsp3) is 0.312. The molecule has 2 rings (SSSR count). The second-order valence-corrected chi connectivity index (χ2v) is 5.37. The molecule has 1 amide bonds. The van der Waals surface area contributed by atoms with Crippen molar-refractivity contribution in [3.63, 3.8) is 0 Å². The highest BCUT2D eigenvalue weighted by molar-refractivity contribution is 5.96. The van der Waals surface area contributed by atoms with Crippen LogP contribution in [-0.2, 0) is 4.79 Å². The van der Waals surface area contributed by atoms with Crippen LogP contribution >= 0.6 is 0 Å². The van der Waals surface area contributed by atoms with E-state index in [-0.39, 0.29) is 23.4 Å². The Bertz CT molecular complexity index is 814. The number of hydrogen-bond donors (Lipinski definition) is 4. The van der Waals surface area contributed by atoms with E-state index in [1.54, 1.807) is 0 Å². The molecule has 1 atom stereocenters. The molecule has 1 heterocycles. The van der Waals surface area contributed by atoms with E-state index >= 15 is 0 Å². The molecular formula is C16H18N2O6. The number of aromatic hydroxyl groups is 1. The highest BCUT2D eigenvalue weighted by Gasteiger charge is 2.14. The Kier molecular flexibility index (Phi) is 5.54. The summed E-state index contributed by atoms with van der Waals surface area (Å²) in [4.78, 5) is 34.5. The molecule has 2 aromatic rings. The van der Waals surface area contributed by atoms with Crippen LogP contribution in [0, 0.1) is 0 Å². The van der Waals surface area contributed by atoms with Crippen LogP contribution < -0.4 is 16.7 Å². The molecule has 0 aliphatic heterocycles. The second kappa shape index (κ2) is 7.60. The van der Waals surface area contributed by atoms with Crippen LogP contribution in [0.2, 0.25) is 0 Å². The summed E-state index contributed by atoms with van der Waals surface area (Å²) in [5, 5.41) is 21.1. The van der Waals surface area contributed by atoms with Gasteiger partial charge in [0.25, 0.3) is 5.91 Å². The fourth-order valence-electron chi connectivity index (χ4n) is 2.17. The molecule has 0 fully saturated rings. The minimum absolute atomic E-state index is 0.0394. The standard InChI is InChI=1S/C16H18N2O6/c17-12(15(21)22)3-1-2-6-18-14(20)11-7-9-4-5-10(19)8-13(9)24-16(11)23/h4-5,7-8,12,19H,1-3,6,17H2,(H,18,20)(H,21,22)/t12-/m1/s1. The normalized spacial score (nSPS) is 12.0. The molecule has 0 radical (unpaired) electrons. The number of amides is 1. The third-order valence-electron chi connectivity index (χ3n) is 3.51. The first-order valence-corrected chi connectivity index (χ1v) is 7.42. The van der Waals surface area contributed by atoms with Crippen LogP contribution in [0.3, 0.4) is 0 Å². The first kappa shape index (κ1) is 17.5. The number of carbonyl (C=O) groups is 2. The van der Waals surface area contributed by atoms with Crippen molar-refractivity contribution >= 4 is 22.8 Å². The van der Waals surface area contributed by atoms with Gasteiger partial charge in [0.1, 0.15) is 22.9 Å². The summed E-state index contributed by atoms with van der Waals surface area (Å²) >= 11 is 0. The van der Waals surface area contributed by atoms with Gasteiger partial charge in [-0.3, -0.25) is 9.59 Å². The Labute approximate surface area is 136 Å². The number of hydrogen-bond acceptors (Lipinski definition) is 6. The number of nitrogens with one attached hydrogen (secondary N) is 1. The molecule has 24 heavy (non-hydrogen) atoms. The molecule has 1 aromatic carbocycles. The summed E-state index contributed by atoms with van der Waals surface area (Å²) in [6.45, 7) is 0.290. The monoisotopic (exact) mass is 334 g/mol. The van der Waals surface area contributed by atoms with Gasteiger partial charge in [-0.05, 0) is 37.5 Å². The van der Waals surface area contributed by atoms with Gasteiger partial charge in [0, 0.05) is 18.0 Å². The zero-order valence-electron chi connectivity index (χ0n) is 12.8. The zero-order chi connectivity index (χ0) is 17.7. The van der Waals surface area contributed by atoms with Gasteiger partial charge < -0.3 is 25.7 Å². The van der Waals surface area contributed by atoms with Gasteiger partial charge in [-0.15, -0.1) is 0 Å². The number of phenolic OH excluding ortho intramolecular Hbond substituents is 1. The van der Waals surface area contributed by atoms with Crippen LogP contribution in [-0.4, -0.2) is 34.7 Å². The summed E-state index contributed by atoms with van der Waals surface area (Å²) < 4.78 is 5.02. The average Bonchev–Trinajstić information content (AvgIpc) is 2.53. The van der Waals surface area contributed by atoms with Gasteiger partial charge in [-0.25, -0.2) is 4.79 Å². The largest absolute Gasteiger partial charge is 0.508 e. The molecule has 8 nitrogen and oxygen atoms in total. The average molecular weight is 334 g/mol. The number of phenols is 1. The van der Waals surface area contributed by atoms with Crippen molar-refractivity contribution in [2.45, 2.75) is 25.3 Å². The molecule has 0 spiro atoms. The molecule has 0 aliphatic rings. The molecule has 8 heteroatoms. The van der Waals surface area contributed by atoms with Gasteiger partial charge in [-0.2, -0.15) is 0 Å². The van der Waals surface area contributed by atoms with Gasteiger partial charge in [0.2, 0.25) is 0 Å². The lowest BCUT2D eigenvalue weighted by atomic mass is 10.1. The molecule has 0 saturated carbocycles. The summed E-state index contributed by atoms with van der Waals surface area (Å²) in [5.41, 5.74) is 4.65. The Morgan fingerprint density at radius 2 is 2.00 bits per heavy atom. The number of carboxylic acid groups (broad SMARTS) is 1. The number of carbonyl (C=O) groups excluding carboxylic acids is 1. The van der Waals surface area contributed by atoms with Crippen molar-refractivity contribution in [1.29, 1.82) is 0 Å². The van der Waals surface area contributed by atoms with Gasteiger partial charge in [0.15, 0.2) is 0 Å². The lowest BCUT2D eigenvalue weighted by Gasteiger charge is -2.07. The van der Waals surface area contributed by atoms with Crippen LogP contribution in [0.4, 0.5) is 0 Å². The quantitative estimate of drug-likeness (QED) is 0.433. The van der Waals surface area contributed by atoms with Crippen LogP contribution in [0.1, 0.15) is 29.6 Å². The number of rotatable bonds is 7. The maximum atomic E-state index is 12.0. The number of carboxylic acids is 1. The lowest BCUT2D eigenvalue weighted by Crippen LogP contribution is -2.31. The number of benzene rings is 1. The Morgan fingerprint density at radius 3 is 2.71 bits per heavy atom. The fourth-order valence-corrected chi connectivity index (χ4v) is 2.17. The molecule has 0 aliphatic carbocycles. The number of nitrogens with two attached hydrogens (primary N) is 1. The Balaban J connectivity index is 1.94. The van der Waals surface area contributed by atoms with E-state index in [0.717, 1.165) is 0 Å². The van der Waals surface area contributed by atoms with Crippen molar-refractivity contribution in [3.8, 4) is 5.75 Å². The smallest absolute Gasteiger partial charge is 0.349 e. The van der Waals surface area contributed by atoms with Crippen molar-refractivity contribution in [2.24, 2.45) is 5.73 Å². The summed E-state index contributed by atoms with van der Waals surface area (Å²) in [6, 6.07) is 4.75. The molecule has 5 N–H and O–H groups in total. The first-order valence-electron chi connectivity index (χ1n) is 7.42. The van der Waals surface area contributed by atoms with E-state index in [4.69, 9.17) is 15.3 Å². The van der Waals surface area contributed by atoms with Gasteiger partial charge in [-0.1, -0.05) is 0 Å². The molecule has 1 aromatic heterocycles. The third kappa shape index (κ3) is 4.32. The first-order chi connectivity index (χ1) is 11.4. The number of unbranched alkanes of at least 4 members (excludes halogenated alkanes) is 1. The minimum atomic E-state index is -1.06. The van der Waals surface area contributed by atoms with Crippen LogP contribution in [0.5, 0.6) is 5.75 Å². The van der Waals surface area contributed by atoms with Crippen LogP contribution in [0.15, 0.2) is 33.5 Å². The topological polar surface area (TPSA) is 143 Å². The summed E-state index contributed by atoms with van der Waals surface area (Å²) in [7, 11) is 0. The van der Waals surface area contributed by atoms with Crippen molar-refractivity contribution < 1.29 is 24.2 Å². The van der Waals surface area contributed by atoms with E-state index in [1.807, 2.05) is 0 Å². The molecule has 0 saturated heterocycles. The Morgan fingerprint density at radius 1 is 1.25 bits per heavy atom. The maximum Gasteiger partial charge on any atom is 0.349 e. The minimum Gasteiger partial charge on any atom is -0.508 e. The maximum absolute atomic E-state index is 12.0. The molecule has 0 unspecified atom stereocenters. The third-order valence-corrected chi connectivity index (χ3v) is 3.51. The van der Waals surface area contributed by atoms with E-state index in [2.05, 4.69) is 5.32 Å². The second-order valence-electron chi connectivity index (χ2n) is 5.37. The molecule has 0 bridgehead atoms. The van der Waals surface area contributed by atoms with E-state index < -0.39 is 23.5 Å². The van der Waals surface area contributed by atoms with Gasteiger partial charge in [0.05, 0.1) is 0 Å². The van der Waals surface area contributed by atoms with E-state index in [1.165, 1.54) is 24.3 Å². The predicted molar refractivity (Wildman–Crippen MR) is 85.9 cm³/mol. The highest BCUT2D eigenvalue weighted by Crippen LogP contribution is 2.19. The summed E-state index contributed by atoms with van der Waals surface area (Å²) in [5.74, 6) is -1.66. The van der Waals surface area contributed by atoms with Gasteiger partial charge >= 0.3 is 11.6 Å². The van der Waals surface area contributed by atoms with Crippen molar-refractivity contribution in [1.82, 2.24) is 5.32 Å². The van der Waals surface area contributed by atoms with Crippen LogP contribution in [0.25, 0.3) is 11.0 Å². The molecular weight excluding hydrogens is 316 g/mol. The summed E-state index contributed by atoms with van der Waals surface area (Å²) in [6.07, 6.45) is 1.39. The van der Waals surface area contributed by atoms with Crippen molar-refractivity contribution in [3.05, 3.63) is 40.2 Å². The van der Waals surface area contributed by atoms with Crippen molar-refractivity contribution in [2.75, 3.05) is 6.54 Å². The predicted octanol–water partition coefficient (Wildman–Crippen LogP) is 0.811. The number of fused-ring (bicyclic) bond motifs is 1. The Hall–Kier alpha value is -2.87. The van der Waals surface area contributed by atoms with E-state index in [9.17, 15) is 19.5 Å².